The normalized spacial score (nSPS) is 11.6. The summed E-state index contributed by atoms with van der Waals surface area (Å²) < 4.78 is 0. The number of rotatable bonds is 3. The highest BCUT2D eigenvalue weighted by Gasteiger charge is 2.07. The molecular weight excluding hydrogens is 270 g/mol. The van der Waals surface area contributed by atoms with Crippen molar-refractivity contribution in [3.8, 4) is 10.4 Å². The van der Waals surface area contributed by atoms with E-state index >= 15 is 0 Å². The third-order valence-corrected chi connectivity index (χ3v) is 3.80. The van der Waals surface area contributed by atoms with Gasteiger partial charge in [0.05, 0.1) is 4.92 Å². The van der Waals surface area contributed by atoms with Gasteiger partial charge in [-0.15, -0.1) is 11.3 Å². The lowest BCUT2D eigenvalue weighted by atomic mass is 10.2. The molecule has 0 N–H and O–H groups in total. The lowest BCUT2D eigenvalue weighted by Crippen LogP contribution is -1.91. The standard InChI is InChI=1S/C13H10ClNO2S/c1-9(15(16)17)8-10-6-7-13(18-10)11-4-2-3-5-12(11)14/h2-8H,1H3/b9-8+. The monoisotopic (exact) mass is 279 g/mol. The molecule has 18 heavy (non-hydrogen) atoms. The van der Waals surface area contributed by atoms with Gasteiger partial charge in [0, 0.05) is 33.3 Å². The fraction of sp³-hybridized carbons (Fsp3) is 0.0769. The van der Waals surface area contributed by atoms with Crippen molar-refractivity contribution < 1.29 is 4.92 Å². The average Bonchev–Trinajstić information content (AvgIpc) is 2.77. The molecule has 0 atom stereocenters. The van der Waals surface area contributed by atoms with Crippen molar-refractivity contribution in [3.63, 3.8) is 0 Å². The van der Waals surface area contributed by atoms with Crippen LogP contribution in [0.4, 0.5) is 0 Å². The van der Waals surface area contributed by atoms with Crippen LogP contribution in [0.3, 0.4) is 0 Å². The molecule has 1 aromatic heterocycles. The number of halogens is 1. The summed E-state index contributed by atoms with van der Waals surface area (Å²) in [7, 11) is 0. The molecule has 0 aliphatic heterocycles. The van der Waals surface area contributed by atoms with Gasteiger partial charge in [0.1, 0.15) is 0 Å². The maximum absolute atomic E-state index is 10.6. The zero-order chi connectivity index (χ0) is 13.1. The Balaban J connectivity index is 2.35. The quantitative estimate of drug-likeness (QED) is 0.603. The molecule has 0 spiro atoms. The van der Waals surface area contributed by atoms with Crippen molar-refractivity contribution in [3.05, 3.63) is 62.1 Å². The predicted octanol–water partition coefficient (Wildman–Crippen LogP) is 4.71. The molecule has 0 saturated heterocycles. The van der Waals surface area contributed by atoms with Gasteiger partial charge in [0.2, 0.25) is 5.70 Å². The van der Waals surface area contributed by atoms with Crippen LogP contribution < -0.4 is 0 Å². The van der Waals surface area contributed by atoms with E-state index in [4.69, 9.17) is 11.6 Å². The van der Waals surface area contributed by atoms with Gasteiger partial charge in [-0.05, 0) is 18.2 Å². The van der Waals surface area contributed by atoms with Crippen molar-refractivity contribution in [1.82, 2.24) is 0 Å². The van der Waals surface area contributed by atoms with Crippen LogP contribution in [0.15, 0.2) is 42.1 Å². The van der Waals surface area contributed by atoms with Crippen LogP contribution in [0.5, 0.6) is 0 Å². The van der Waals surface area contributed by atoms with Crippen molar-refractivity contribution in [2.75, 3.05) is 0 Å². The molecule has 1 heterocycles. The Kier molecular flexibility index (Phi) is 3.79. The third kappa shape index (κ3) is 2.78. The number of nitrogens with zero attached hydrogens (tertiary/aromatic N) is 1. The Bertz CT molecular complexity index is 619. The first kappa shape index (κ1) is 12.8. The smallest absolute Gasteiger partial charge is 0.244 e. The molecule has 0 bridgehead atoms. The van der Waals surface area contributed by atoms with Crippen LogP contribution in [0, 0.1) is 10.1 Å². The minimum absolute atomic E-state index is 0.127. The highest BCUT2D eigenvalue weighted by molar-refractivity contribution is 7.16. The molecule has 0 saturated carbocycles. The Morgan fingerprint density at radius 2 is 2.06 bits per heavy atom. The van der Waals surface area contributed by atoms with Crippen molar-refractivity contribution in [2.24, 2.45) is 0 Å². The van der Waals surface area contributed by atoms with Gasteiger partial charge in [0.15, 0.2) is 0 Å². The van der Waals surface area contributed by atoms with Crippen LogP contribution in [-0.2, 0) is 0 Å². The van der Waals surface area contributed by atoms with Crippen LogP contribution in [-0.4, -0.2) is 4.92 Å². The van der Waals surface area contributed by atoms with Crippen molar-refractivity contribution >= 4 is 29.0 Å². The summed E-state index contributed by atoms with van der Waals surface area (Å²) in [6.07, 6.45) is 1.56. The SMILES string of the molecule is C/C(=C\c1ccc(-c2ccccc2Cl)s1)[N+](=O)[O-]. The highest BCUT2D eigenvalue weighted by atomic mass is 35.5. The second-order valence-electron chi connectivity index (χ2n) is 3.72. The van der Waals surface area contributed by atoms with E-state index in [1.54, 1.807) is 6.08 Å². The molecule has 0 aliphatic carbocycles. The lowest BCUT2D eigenvalue weighted by Gasteiger charge is -1.99. The Morgan fingerprint density at radius 1 is 1.33 bits per heavy atom. The number of nitro groups is 1. The van der Waals surface area contributed by atoms with E-state index in [2.05, 4.69) is 0 Å². The van der Waals surface area contributed by atoms with E-state index in [0.29, 0.717) is 5.02 Å². The van der Waals surface area contributed by atoms with Crippen LogP contribution in [0.25, 0.3) is 16.5 Å². The van der Waals surface area contributed by atoms with E-state index in [-0.39, 0.29) is 5.70 Å². The molecule has 2 rings (SSSR count). The van der Waals surface area contributed by atoms with Crippen LogP contribution in [0.2, 0.25) is 5.02 Å². The van der Waals surface area contributed by atoms with Gasteiger partial charge in [-0.25, -0.2) is 0 Å². The molecule has 0 unspecified atom stereocenters. The largest absolute Gasteiger partial charge is 0.259 e. The van der Waals surface area contributed by atoms with E-state index in [0.717, 1.165) is 15.3 Å². The summed E-state index contributed by atoms with van der Waals surface area (Å²) in [5, 5.41) is 11.2. The summed E-state index contributed by atoms with van der Waals surface area (Å²) in [5.41, 5.74) is 1.07. The fourth-order valence-electron chi connectivity index (χ4n) is 1.49. The van der Waals surface area contributed by atoms with E-state index in [9.17, 15) is 10.1 Å². The summed E-state index contributed by atoms with van der Waals surface area (Å²) in [5.74, 6) is 0. The first-order chi connectivity index (χ1) is 8.58. The fourth-order valence-corrected chi connectivity index (χ4v) is 2.83. The van der Waals surface area contributed by atoms with Gasteiger partial charge < -0.3 is 0 Å². The number of hydrogen-bond donors (Lipinski definition) is 0. The maximum Gasteiger partial charge on any atom is 0.244 e. The van der Waals surface area contributed by atoms with Gasteiger partial charge in [0.25, 0.3) is 0 Å². The molecule has 92 valence electrons. The maximum atomic E-state index is 10.6. The summed E-state index contributed by atoms with van der Waals surface area (Å²) in [4.78, 5) is 12.0. The van der Waals surface area contributed by atoms with Gasteiger partial charge >= 0.3 is 0 Å². The van der Waals surface area contributed by atoms with Crippen molar-refractivity contribution in [1.29, 1.82) is 0 Å². The zero-order valence-corrected chi connectivity index (χ0v) is 11.2. The van der Waals surface area contributed by atoms with E-state index in [1.165, 1.54) is 18.3 Å². The van der Waals surface area contributed by atoms with Gasteiger partial charge in [-0.2, -0.15) is 0 Å². The second-order valence-corrected chi connectivity index (χ2v) is 5.25. The van der Waals surface area contributed by atoms with Crippen molar-refractivity contribution in [2.45, 2.75) is 6.92 Å². The first-order valence-electron chi connectivity index (χ1n) is 5.25. The molecule has 5 heteroatoms. The molecular formula is C13H10ClNO2S. The minimum atomic E-state index is -0.394. The van der Waals surface area contributed by atoms with Crippen LogP contribution in [0.1, 0.15) is 11.8 Å². The molecule has 3 nitrogen and oxygen atoms in total. The topological polar surface area (TPSA) is 43.1 Å². The lowest BCUT2D eigenvalue weighted by molar-refractivity contribution is -0.422. The summed E-state index contributed by atoms with van der Waals surface area (Å²) in [6.45, 7) is 1.48. The summed E-state index contributed by atoms with van der Waals surface area (Å²) in [6, 6.07) is 11.3. The van der Waals surface area contributed by atoms with Crippen LogP contribution >= 0.6 is 22.9 Å². The first-order valence-corrected chi connectivity index (χ1v) is 6.45. The predicted molar refractivity (Wildman–Crippen MR) is 75.4 cm³/mol. The number of allylic oxidation sites excluding steroid dienone is 1. The van der Waals surface area contributed by atoms with Gasteiger partial charge in [-0.1, -0.05) is 29.8 Å². The Labute approximate surface area is 113 Å². The highest BCUT2D eigenvalue weighted by Crippen LogP contribution is 2.33. The average molecular weight is 280 g/mol. The molecule has 0 fully saturated rings. The van der Waals surface area contributed by atoms with E-state index < -0.39 is 4.92 Å². The Hall–Kier alpha value is -1.65. The van der Waals surface area contributed by atoms with Gasteiger partial charge in [-0.3, -0.25) is 10.1 Å². The molecule has 0 amide bonds. The molecule has 2 aromatic rings. The summed E-state index contributed by atoms with van der Waals surface area (Å²) >= 11 is 7.59. The molecule has 1 aromatic carbocycles. The number of thiophene rings is 1. The molecule has 0 radical (unpaired) electrons. The number of benzene rings is 1. The second kappa shape index (κ2) is 5.33. The molecule has 0 aliphatic rings. The van der Waals surface area contributed by atoms with E-state index in [1.807, 2.05) is 36.4 Å². The Morgan fingerprint density at radius 3 is 2.72 bits per heavy atom. The third-order valence-electron chi connectivity index (χ3n) is 2.41. The zero-order valence-electron chi connectivity index (χ0n) is 9.59. The minimum Gasteiger partial charge on any atom is -0.259 e. The number of hydrogen-bond acceptors (Lipinski definition) is 3.